The molecule has 21 heavy (non-hydrogen) atoms. The summed E-state index contributed by atoms with van der Waals surface area (Å²) in [6.45, 7) is 6.09. The molecule has 112 valence electrons. The summed E-state index contributed by atoms with van der Waals surface area (Å²) in [5, 5.41) is 4.15. The molecule has 2 nitrogen and oxygen atoms in total. The Balaban J connectivity index is 2.12. The highest BCUT2D eigenvalue weighted by Gasteiger charge is 2.07. The third-order valence-electron chi connectivity index (χ3n) is 2.93. The summed E-state index contributed by atoms with van der Waals surface area (Å²) in [5.41, 5.74) is 1.07. The van der Waals surface area contributed by atoms with Crippen molar-refractivity contribution in [3.63, 3.8) is 0 Å². The fourth-order valence-corrected chi connectivity index (χ4v) is 2.47. The van der Waals surface area contributed by atoms with E-state index in [2.05, 4.69) is 41.8 Å². The van der Waals surface area contributed by atoms with Crippen LogP contribution in [0.25, 0.3) is 0 Å². The number of hydrogen-bond acceptors (Lipinski definition) is 2. The minimum absolute atomic E-state index is 0.616. The first-order valence-corrected chi connectivity index (χ1v) is 8.43. The SMILES string of the molecule is CC(C)CNCc1cc(Cl)ccc1Oc1ccc(I)cc1. The van der Waals surface area contributed by atoms with Crippen LogP contribution >= 0.6 is 34.2 Å². The molecule has 2 aromatic carbocycles. The molecule has 2 rings (SSSR count). The van der Waals surface area contributed by atoms with Crippen LogP contribution in [0.3, 0.4) is 0 Å². The number of hydrogen-bond donors (Lipinski definition) is 1. The van der Waals surface area contributed by atoms with Gasteiger partial charge in [0.2, 0.25) is 0 Å². The van der Waals surface area contributed by atoms with Crippen molar-refractivity contribution in [3.8, 4) is 11.5 Å². The van der Waals surface area contributed by atoms with Crippen LogP contribution < -0.4 is 10.1 Å². The molecule has 0 unspecified atom stereocenters. The lowest BCUT2D eigenvalue weighted by Crippen LogP contribution is -2.19. The molecule has 0 aliphatic heterocycles. The maximum Gasteiger partial charge on any atom is 0.132 e. The highest BCUT2D eigenvalue weighted by molar-refractivity contribution is 14.1. The maximum atomic E-state index is 6.10. The van der Waals surface area contributed by atoms with Gasteiger partial charge < -0.3 is 10.1 Å². The Morgan fingerprint density at radius 1 is 1.14 bits per heavy atom. The minimum Gasteiger partial charge on any atom is -0.457 e. The summed E-state index contributed by atoms with van der Waals surface area (Å²) in [4.78, 5) is 0. The van der Waals surface area contributed by atoms with Gasteiger partial charge in [-0.3, -0.25) is 0 Å². The van der Waals surface area contributed by atoms with Crippen LogP contribution in [0.15, 0.2) is 42.5 Å². The molecule has 0 amide bonds. The van der Waals surface area contributed by atoms with Crippen LogP contribution in [0, 0.1) is 9.49 Å². The Kier molecular flexibility index (Phi) is 6.33. The molecule has 0 saturated carbocycles. The van der Waals surface area contributed by atoms with Crippen molar-refractivity contribution in [2.75, 3.05) is 6.54 Å². The molecular weight excluding hydrogens is 397 g/mol. The monoisotopic (exact) mass is 415 g/mol. The van der Waals surface area contributed by atoms with Crippen LogP contribution in [0.4, 0.5) is 0 Å². The van der Waals surface area contributed by atoms with Crippen LogP contribution in [0.2, 0.25) is 5.02 Å². The van der Waals surface area contributed by atoms with Gasteiger partial charge in [-0.25, -0.2) is 0 Å². The largest absolute Gasteiger partial charge is 0.457 e. The molecule has 0 bridgehead atoms. The summed E-state index contributed by atoms with van der Waals surface area (Å²) < 4.78 is 7.16. The van der Waals surface area contributed by atoms with Crippen molar-refractivity contribution in [3.05, 3.63) is 56.6 Å². The van der Waals surface area contributed by atoms with E-state index in [0.717, 1.165) is 35.2 Å². The number of benzene rings is 2. The number of nitrogens with one attached hydrogen (secondary N) is 1. The average Bonchev–Trinajstić information content (AvgIpc) is 2.43. The zero-order chi connectivity index (χ0) is 15.2. The fourth-order valence-electron chi connectivity index (χ4n) is 1.91. The van der Waals surface area contributed by atoms with Crippen molar-refractivity contribution in [2.24, 2.45) is 5.92 Å². The van der Waals surface area contributed by atoms with Crippen molar-refractivity contribution in [2.45, 2.75) is 20.4 Å². The van der Waals surface area contributed by atoms with Gasteiger partial charge in [0.05, 0.1) is 0 Å². The smallest absolute Gasteiger partial charge is 0.132 e. The molecule has 2 aromatic rings. The zero-order valence-electron chi connectivity index (χ0n) is 12.2. The van der Waals surface area contributed by atoms with E-state index in [1.165, 1.54) is 3.57 Å². The highest BCUT2D eigenvalue weighted by Crippen LogP contribution is 2.28. The maximum absolute atomic E-state index is 6.10. The van der Waals surface area contributed by atoms with Crippen LogP contribution in [-0.2, 0) is 6.54 Å². The molecule has 4 heteroatoms. The van der Waals surface area contributed by atoms with Gasteiger partial charge in [0.15, 0.2) is 0 Å². The van der Waals surface area contributed by atoms with Gasteiger partial charge >= 0.3 is 0 Å². The molecule has 0 radical (unpaired) electrons. The van der Waals surface area contributed by atoms with Crippen LogP contribution in [-0.4, -0.2) is 6.54 Å². The predicted octanol–water partition coefficient (Wildman–Crippen LogP) is 5.48. The van der Waals surface area contributed by atoms with E-state index in [1.807, 2.05) is 42.5 Å². The van der Waals surface area contributed by atoms with Gasteiger partial charge in [0.25, 0.3) is 0 Å². The normalized spacial score (nSPS) is 10.9. The van der Waals surface area contributed by atoms with Crippen LogP contribution in [0.5, 0.6) is 11.5 Å². The Morgan fingerprint density at radius 3 is 2.52 bits per heavy atom. The van der Waals surface area contributed by atoms with Crippen molar-refractivity contribution in [1.29, 1.82) is 0 Å². The van der Waals surface area contributed by atoms with Gasteiger partial charge in [-0.2, -0.15) is 0 Å². The molecular formula is C17H19ClINO. The van der Waals surface area contributed by atoms with E-state index in [0.29, 0.717) is 5.92 Å². The first-order valence-electron chi connectivity index (χ1n) is 6.97. The fraction of sp³-hybridized carbons (Fsp3) is 0.294. The molecule has 0 aromatic heterocycles. The van der Waals surface area contributed by atoms with Crippen LogP contribution in [0.1, 0.15) is 19.4 Å². The molecule has 1 N–H and O–H groups in total. The Labute approximate surface area is 145 Å². The molecule has 0 heterocycles. The Hall–Kier alpha value is -0.780. The van der Waals surface area contributed by atoms with Crippen molar-refractivity contribution in [1.82, 2.24) is 5.32 Å². The molecule has 0 spiro atoms. The average molecular weight is 416 g/mol. The predicted molar refractivity (Wildman–Crippen MR) is 97.2 cm³/mol. The first-order chi connectivity index (χ1) is 10.0. The Bertz CT molecular complexity index is 584. The van der Waals surface area contributed by atoms with Gasteiger partial charge in [-0.1, -0.05) is 25.4 Å². The van der Waals surface area contributed by atoms with E-state index in [4.69, 9.17) is 16.3 Å². The number of ether oxygens (including phenoxy) is 1. The highest BCUT2D eigenvalue weighted by atomic mass is 127. The van der Waals surface area contributed by atoms with Gasteiger partial charge in [0.1, 0.15) is 11.5 Å². The van der Waals surface area contributed by atoms with E-state index in [1.54, 1.807) is 0 Å². The molecule has 0 aliphatic rings. The Morgan fingerprint density at radius 2 is 1.86 bits per heavy atom. The summed E-state index contributed by atoms with van der Waals surface area (Å²) in [7, 11) is 0. The topological polar surface area (TPSA) is 21.3 Å². The third kappa shape index (κ3) is 5.49. The van der Waals surface area contributed by atoms with Gasteiger partial charge in [-0.15, -0.1) is 0 Å². The van der Waals surface area contributed by atoms with Crippen molar-refractivity contribution < 1.29 is 4.74 Å². The number of rotatable bonds is 6. The summed E-state index contributed by atoms with van der Waals surface area (Å²) in [6.07, 6.45) is 0. The molecule has 0 atom stereocenters. The van der Waals surface area contributed by atoms with E-state index < -0.39 is 0 Å². The third-order valence-corrected chi connectivity index (χ3v) is 3.89. The second-order valence-corrected chi connectivity index (χ2v) is 7.01. The van der Waals surface area contributed by atoms with Gasteiger partial charge in [0, 0.05) is 20.7 Å². The molecule has 0 aliphatic carbocycles. The standard InChI is InChI=1S/C17H19ClINO/c1-12(2)10-20-11-13-9-14(18)3-8-17(13)21-16-6-4-15(19)5-7-16/h3-9,12,20H,10-11H2,1-2H3. The van der Waals surface area contributed by atoms with Crippen molar-refractivity contribution >= 4 is 34.2 Å². The van der Waals surface area contributed by atoms with E-state index in [-0.39, 0.29) is 0 Å². The molecule has 0 saturated heterocycles. The second kappa shape index (κ2) is 8.01. The minimum atomic E-state index is 0.616. The van der Waals surface area contributed by atoms with Gasteiger partial charge in [-0.05, 0) is 77.5 Å². The summed E-state index contributed by atoms with van der Waals surface area (Å²) >= 11 is 8.38. The van der Waals surface area contributed by atoms with E-state index >= 15 is 0 Å². The summed E-state index contributed by atoms with van der Waals surface area (Å²) in [6, 6.07) is 13.7. The lowest BCUT2D eigenvalue weighted by molar-refractivity contribution is 0.469. The molecule has 0 fully saturated rings. The lowest BCUT2D eigenvalue weighted by atomic mass is 10.1. The van der Waals surface area contributed by atoms with E-state index in [9.17, 15) is 0 Å². The lowest BCUT2D eigenvalue weighted by Gasteiger charge is -2.13. The quantitative estimate of drug-likeness (QED) is 0.631. The zero-order valence-corrected chi connectivity index (χ0v) is 15.1. The second-order valence-electron chi connectivity index (χ2n) is 5.33. The summed E-state index contributed by atoms with van der Waals surface area (Å²) in [5.74, 6) is 2.30. The first kappa shape index (κ1) is 16.6. The number of halogens is 2.